The number of aromatic nitrogens is 3. The van der Waals surface area contributed by atoms with Gasteiger partial charge in [-0.1, -0.05) is 17.7 Å². The molecule has 4 aromatic rings. The molecule has 130 valence electrons. The highest BCUT2D eigenvalue weighted by Crippen LogP contribution is 2.28. The lowest BCUT2D eigenvalue weighted by Gasteiger charge is -2.07. The van der Waals surface area contributed by atoms with Gasteiger partial charge in [0.25, 0.3) is 5.91 Å². The summed E-state index contributed by atoms with van der Waals surface area (Å²) < 4.78 is 15.7. The third-order valence-electron chi connectivity index (χ3n) is 3.92. The number of halogens is 2. The van der Waals surface area contributed by atoms with Gasteiger partial charge in [-0.2, -0.15) is 0 Å². The van der Waals surface area contributed by atoms with Crippen molar-refractivity contribution in [1.29, 1.82) is 0 Å². The zero-order valence-corrected chi connectivity index (χ0v) is 14.9. The van der Waals surface area contributed by atoms with Crippen molar-refractivity contribution in [2.75, 3.05) is 0 Å². The highest BCUT2D eigenvalue weighted by molar-refractivity contribution is 7.13. The third kappa shape index (κ3) is 3.07. The predicted molar refractivity (Wildman–Crippen MR) is 98.9 cm³/mol. The second kappa shape index (κ2) is 6.86. The van der Waals surface area contributed by atoms with Gasteiger partial charge in [-0.15, -0.1) is 11.3 Å². The number of fused-ring (bicyclic) bond motifs is 1. The molecule has 0 atom stereocenters. The van der Waals surface area contributed by atoms with Crippen molar-refractivity contribution < 1.29 is 9.18 Å². The zero-order valence-electron chi connectivity index (χ0n) is 13.3. The Kier molecular flexibility index (Phi) is 4.40. The lowest BCUT2D eigenvalue weighted by Crippen LogP contribution is -2.23. The summed E-state index contributed by atoms with van der Waals surface area (Å²) in [6, 6.07) is 6.22. The van der Waals surface area contributed by atoms with Gasteiger partial charge in [-0.05, 0) is 18.2 Å². The van der Waals surface area contributed by atoms with Crippen LogP contribution in [0.4, 0.5) is 4.39 Å². The fourth-order valence-corrected chi connectivity index (χ4v) is 3.71. The van der Waals surface area contributed by atoms with Crippen molar-refractivity contribution in [1.82, 2.24) is 19.7 Å². The van der Waals surface area contributed by atoms with Crippen molar-refractivity contribution in [3.63, 3.8) is 0 Å². The Morgan fingerprint density at radius 1 is 1.35 bits per heavy atom. The van der Waals surface area contributed by atoms with Crippen molar-refractivity contribution >= 4 is 34.5 Å². The molecule has 3 heterocycles. The number of carbonyl (C=O) groups is 1. The lowest BCUT2D eigenvalue weighted by atomic mass is 10.2. The summed E-state index contributed by atoms with van der Waals surface area (Å²) in [6.07, 6.45) is 6.90. The first kappa shape index (κ1) is 16.7. The number of hydrogen-bond donors (Lipinski definition) is 1. The molecule has 0 fully saturated rings. The standard InChI is InChI=1S/C18H12ClFN4OS/c19-13-2-1-3-14(20)12(13)7-23-18(25)11-6-16(26-10-11)15-8-22-17-9-21-4-5-24(15)17/h1-6,8-10H,7H2,(H,23,25). The molecule has 0 radical (unpaired) electrons. The van der Waals surface area contributed by atoms with Gasteiger partial charge in [0.1, 0.15) is 5.82 Å². The summed E-state index contributed by atoms with van der Waals surface area (Å²) in [4.78, 5) is 21.6. The molecule has 8 heteroatoms. The maximum absolute atomic E-state index is 13.8. The summed E-state index contributed by atoms with van der Waals surface area (Å²) in [5, 5.41) is 4.75. The Labute approximate surface area is 157 Å². The smallest absolute Gasteiger partial charge is 0.252 e. The number of amides is 1. The molecule has 4 rings (SSSR count). The van der Waals surface area contributed by atoms with E-state index in [0.717, 1.165) is 16.2 Å². The van der Waals surface area contributed by atoms with Gasteiger partial charge in [0.2, 0.25) is 0 Å². The molecule has 0 aliphatic rings. The van der Waals surface area contributed by atoms with E-state index in [1.807, 2.05) is 10.6 Å². The Morgan fingerprint density at radius 2 is 2.23 bits per heavy atom. The second-order valence-corrected chi connectivity index (χ2v) is 6.85. The molecular formula is C18H12ClFN4OS. The first-order valence-corrected chi connectivity index (χ1v) is 8.96. The minimum absolute atomic E-state index is 0.0246. The van der Waals surface area contributed by atoms with Crippen LogP contribution >= 0.6 is 22.9 Å². The molecule has 0 bridgehead atoms. The highest BCUT2D eigenvalue weighted by Gasteiger charge is 2.14. The van der Waals surface area contributed by atoms with Gasteiger partial charge < -0.3 is 5.32 Å². The van der Waals surface area contributed by atoms with Crippen LogP contribution < -0.4 is 5.32 Å². The second-order valence-electron chi connectivity index (χ2n) is 5.53. The molecule has 3 aromatic heterocycles. The van der Waals surface area contributed by atoms with Gasteiger partial charge in [0.15, 0.2) is 5.65 Å². The van der Waals surface area contributed by atoms with Crippen LogP contribution in [0.5, 0.6) is 0 Å². The number of nitrogens with one attached hydrogen (secondary N) is 1. The van der Waals surface area contributed by atoms with Crippen molar-refractivity contribution in [3.05, 3.63) is 76.4 Å². The summed E-state index contributed by atoms with van der Waals surface area (Å²) in [7, 11) is 0. The van der Waals surface area contributed by atoms with Gasteiger partial charge in [-0.25, -0.2) is 9.37 Å². The molecule has 1 aromatic carbocycles. The van der Waals surface area contributed by atoms with E-state index in [-0.39, 0.29) is 23.0 Å². The van der Waals surface area contributed by atoms with Gasteiger partial charge in [0, 0.05) is 34.9 Å². The van der Waals surface area contributed by atoms with Crippen LogP contribution in [-0.2, 0) is 6.54 Å². The molecule has 0 unspecified atom stereocenters. The number of hydrogen-bond acceptors (Lipinski definition) is 4. The van der Waals surface area contributed by atoms with Crippen LogP contribution in [0.15, 0.2) is 54.4 Å². The quantitative estimate of drug-likeness (QED) is 0.572. The average Bonchev–Trinajstić information content (AvgIpc) is 3.28. The third-order valence-corrected chi connectivity index (χ3v) is 5.23. The number of thiophene rings is 1. The van der Waals surface area contributed by atoms with E-state index in [1.165, 1.54) is 23.5 Å². The largest absolute Gasteiger partial charge is 0.348 e. The SMILES string of the molecule is O=C(NCc1c(F)cccc1Cl)c1csc(-c2cnc3cnccn23)c1. The molecule has 1 amide bonds. The van der Waals surface area contributed by atoms with Gasteiger partial charge in [-0.3, -0.25) is 14.2 Å². The van der Waals surface area contributed by atoms with Gasteiger partial charge in [0.05, 0.1) is 28.5 Å². The minimum atomic E-state index is -0.442. The monoisotopic (exact) mass is 386 g/mol. The van der Waals surface area contributed by atoms with E-state index in [2.05, 4.69) is 15.3 Å². The number of carbonyl (C=O) groups excluding carboxylic acids is 1. The number of rotatable bonds is 4. The molecule has 1 N–H and O–H groups in total. The fraction of sp³-hybridized carbons (Fsp3) is 0.0556. The van der Waals surface area contributed by atoms with Crippen molar-refractivity contribution in [2.45, 2.75) is 6.54 Å². The fourth-order valence-electron chi connectivity index (χ4n) is 2.59. The number of benzene rings is 1. The predicted octanol–water partition coefficient (Wildman–Crippen LogP) is 4.18. The van der Waals surface area contributed by atoms with Crippen molar-refractivity contribution in [2.24, 2.45) is 0 Å². The van der Waals surface area contributed by atoms with Crippen LogP contribution in [-0.4, -0.2) is 20.3 Å². The van der Waals surface area contributed by atoms with E-state index in [9.17, 15) is 9.18 Å². The lowest BCUT2D eigenvalue weighted by molar-refractivity contribution is 0.0951. The topological polar surface area (TPSA) is 59.3 Å². The van der Waals surface area contributed by atoms with Crippen LogP contribution in [0, 0.1) is 5.82 Å². The maximum Gasteiger partial charge on any atom is 0.252 e. The summed E-state index contributed by atoms with van der Waals surface area (Å²) in [5.74, 6) is -0.731. The zero-order chi connectivity index (χ0) is 18.1. The van der Waals surface area contributed by atoms with Crippen molar-refractivity contribution in [3.8, 4) is 10.6 Å². The highest BCUT2D eigenvalue weighted by atomic mass is 35.5. The maximum atomic E-state index is 13.8. The first-order chi connectivity index (χ1) is 12.6. The molecule has 0 aliphatic carbocycles. The Balaban J connectivity index is 1.53. The molecule has 26 heavy (non-hydrogen) atoms. The van der Waals surface area contributed by atoms with Crippen LogP contribution in [0.2, 0.25) is 5.02 Å². The molecule has 0 aliphatic heterocycles. The first-order valence-electron chi connectivity index (χ1n) is 7.70. The summed E-state index contributed by atoms with van der Waals surface area (Å²) in [6.45, 7) is 0.0246. The molecule has 0 spiro atoms. The van der Waals surface area contributed by atoms with E-state index < -0.39 is 5.82 Å². The number of imidazole rings is 1. The normalized spacial score (nSPS) is 11.0. The Morgan fingerprint density at radius 3 is 3.08 bits per heavy atom. The van der Waals surface area contributed by atoms with Gasteiger partial charge >= 0.3 is 0 Å². The van der Waals surface area contributed by atoms with Crippen LogP contribution in [0.25, 0.3) is 16.2 Å². The van der Waals surface area contributed by atoms with Crippen LogP contribution in [0.1, 0.15) is 15.9 Å². The summed E-state index contributed by atoms with van der Waals surface area (Å²) in [5.41, 5.74) is 2.38. The van der Waals surface area contributed by atoms with E-state index in [0.29, 0.717) is 5.56 Å². The average molecular weight is 387 g/mol. The van der Waals surface area contributed by atoms with E-state index in [4.69, 9.17) is 11.6 Å². The minimum Gasteiger partial charge on any atom is -0.348 e. The summed E-state index contributed by atoms with van der Waals surface area (Å²) >= 11 is 7.42. The van der Waals surface area contributed by atoms with Crippen LogP contribution in [0.3, 0.4) is 0 Å². The van der Waals surface area contributed by atoms with E-state index >= 15 is 0 Å². The molecule has 5 nitrogen and oxygen atoms in total. The Hall–Kier alpha value is -2.77. The number of nitrogens with zero attached hydrogens (tertiary/aromatic N) is 3. The molecule has 0 saturated heterocycles. The molecular weight excluding hydrogens is 375 g/mol. The molecule has 0 saturated carbocycles. The van der Waals surface area contributed by atoms with E-state index in [1.54, 1.807) is 36.1 Å². The Bertz CT molecular complexity index is 1090.